The smallest absolute Gasteiger partial charge is 0.197 e. The van der Waals surface area contributed by atoms with Crippen LogP contribution < -0.4 is 21.7 Å². The van der Waals surface area contributed by atoms with Crippen LogP contribution in [0, 0.1) is 0 Å². The van der Waals surface area contributed by atoms with Crippen LogP contribution in [0.5, 0.6) is 0 Å². The molecule has 1 aliphatic heterocycles. The van der Waals surface area contributed by atoms with E-state index in [-0.39, 0.29) is 5.54 Å². The third-order valence-corrected chi connectivity index (χ3v) is 4.30. The van der Waals surface area contributed by atoms with Crippen LogP contribution in [-0.2, 0) is 0 Å². The minimum absolute atomic E-state index is 0.0797. The molecular formula is C19H34N6. The van der Waals surface area contributed by atoms with E-state index in [1.165, 1.54) is 0 Å². The van der Waals surface area contributed by atoms with Crippen molar-refractivity contribution in [2.45, 2.75) is 58.9 Å². The van der Waals surface area contributed by atoms with E-state index in [1.54, 1.807) is 7.05 Å². The molecule has 0 unspecified atom stereocenters. The third-order valence-electron chi connectivity index (χ3n) is 4.30. The number of nitrogens with zero attached hydrogens (tertiary/aromatic N) is 2. The number of hydrogen-bond donors (Lipinski definition) is 4. The Morgan fingerprint density at radius 1 is 1.24 bits per heavy atom. The summed E-state index contributed by atoms with van der Waals surface area (Å²) in [6.07, 6.45) is 4.49. The number of amidine groups is 1. The van der Waals surface area contributed by atoms with Crippen LogP contribution in [0.3, 0.4) is 0 Å². The quantitative estimate of drug-likeness (QED) is 0.309. The highest BCUT2D eigenvalue weighted by Crippen LogP contribution is 2.22. The number of rotatable bonds is 8. The van der Waals surface area contributed by atoms with E-state index >= 15 is 0 Å². The predicted octanol–water partition coefficient (Wildman–Crippen LogP) is 2.77. The lowest BCUT2D eigenvalue weighted by molar-refractivity contribution is 0.348. The third kappa shape index (κ3) is 5.66. The van der Waals surface area contributed by atoms with Gasteiger partial charge in [-0.15, -0.1) is 0 Å². The molecule has 1 aliphatic rings. The number of hydrogen-bond acceptors (Lipinski definition) is 3. The van der Waals surface area contributed by atoms with Crippen molar-refractivity contribution in [3.8, 4) is 0 Å². The first-order valence-electron chi connectivity index (χ1n) is 8.97. The van der Waals surface area contributed by atoms with Crippen molar-refractivity contribution in [1.29, 1.82) is 0 Å². The van der Waals surface area contributed by atoms with Crippen LogP contribution >= 0.6 is 0 Å². The fourth-order valence-electron chi connectivity index (χ4n) is 2.89. The second-order valence-electron chi connectivity index (χ2n) is 6.74. The zero-order valence-electron chi connectivity index (χ0n) is 16.4. The summed E-state index contributed by atoms with van der Waals surface area (Å²) in [5.41, 5.74) is 8.11. The molecule has 1 rings (SSSR count). The van der Waals surface area contributed by atoms with Gasteiger partial charge >= 0.3 is 0 Å². The minimum Gasteiger partial charge on any atom is -0.384 e. The summed E-state index contributed by atoms with van der Waals surface area (Å²) in [7, 11) is 1.78. The molecule has 25 heavy (non-hydrogen) atoms. The molecule has 140 valence electrons. The molecule has 0 amide bonds. The molecule has 1 heterocycles. The van der Waals surface area contributed by atoms with E-state index in [9.17, 15) is 0 Å². The number of allylic oxidation sites excluding steroid dienone is 1. The van der Waals surface area contributed by atoms with Crippen LogP contribution in [0.15, 0.2) is 45.8 Å². The average molecular weight is 347 g/mol. The van der Waals surface area contributed by atoms with E-state index in [0.29, 0.717) is 22.9 Å². The minimum atomic E-state index is 0.0797. The van der Waals surface area contributed by atoms with Crippen molar-refractivity contribution >= 4 is 11.8 Å². The van der Waals surface area contributed by atoms with Crippen LogP contribution in [0.1, 0.15) is 53.4 Å². The van der Waals surface area contributed by atoms with Gasteiger partial charge in [-0.05, 0) is 32.3 Å². The first kappa shape index (κ1) is 20.8. The SMILES string of the molecule is C=C(/N=C1\NCC(CCC)(CCC)N1)C(=C)/C(=N\C(N)=C(C)C)NC. The number of aliphatic imine (C=N–C) groups is 2. The highest BCUT2D eigenvalue weighted by molar-refractivity contribution is 6.02. The normalized spacial score (nSPS) is 17.6. The molecule has 5 N–H and O–H groups in total. The van der Waals surface area contributed by atoms with Crippen molar-refractivity contribution < 1.29 is 0 Å². The highest BCUT2D eigenvalue weighted by atomic mass is 15.3. The number of nitrogens with one attached hydrogen (secondary N) is 3. The van der Waals surface area contributed by atoms with Gasteiger partial charge in [-0.2, -0.15) is 0 Å². The molecule has 0 radical (unpaired) electrons. The van der Waals surface area contributed by atoms with Crippen molar-refractivity contribution in [3.63, 3.8) is 0 Å². The first-order chi connectivity index (χ1) is 11.8. The zero-order valence-corrected chi connectivity index (χ0v) is 16.4. The van der Waals surface area contributed by atoms with E-state index in [0.717, 1.165) is 43.8 Å². The molecular weight excluding hydrogens is 312 g/mol. The molecule has 6 nitrogen and oxygen atoms in total. The average Bonchev–Trinajstić information content (AvgIpc) is 2.94. The highest BCUT2D eigenvalue weighted by Gasteiger charge is 2.34. The first-order valence-corrected chi connectivity index (χ1v) is 8.97. The maximum absolute atomic E-state index is 5.92. The van der Waals surface area contributed by atoms with Gasteiger partial charge in [0.2, 0.25) is 0 Å². The van der Waals surface area contributed by atoms with Gasteiger partial charge in [0.1, 0.15) is 11.7 Å². The van der Waals surface area contributed by atoms with Gasteiger partial charge in [0, 0.05) is 19.2 Å². The Hall–Kier alpha value is -2.24. The van der Waals surface area contributed by atoms with Crippen molar-refractivity contribution in [2.24, 2.45) is 15.7 Å². The number of nitrogens with two attached hydrogens (primary N) is 1. The van der Waals surface area contributed by atoms with Gasteiger partial charge in [0.15, 0.2) is 5.96 Å². The van der Waals surface area contributed by atoms with Crippen LogP contribution in [0.2, 0.25) is 0 Å². The Balaban J connectivity index is 2.92. The van der Waals surface area contributed by atoms with E-state index in [4.69, 9.17) is 5.73 Å². The van der Waals surface area contributed by atoms with E-state index in [1.807, 2.05) is 13.8 Å². The van der Waals surface area contributed by atoms with Crippen LogP contribution in [-0.4, -0.2) is 30.9 Å². The zero-order chi connectivity index (χ0) is 19.0. The summed E-state index contributed by atoms with van der Waals surface area (Å²) in [5, 5.41) is 9.93. The Labute approximate surface area is 152 Å². The molecule has 0 saturated carbocycles. The molecule has 0 atom stereocenters. The maximum Gasteiger partial charge on any atom is 0.197 e. The van der Waals surface area contributed by atoms with Gasteiger partial charge < -0.3 is 21.7 Å². The summed E-state index contributed by atoms with van der Waals surface area (Å²) < 4.78 is 0. The van der Waals surface area contributed by atoms with Crippen LogP contribution in [0.4, 0.5) is 0 Å². The molecule has 1 fully saturated rings. The van der Waals surface area contributed by atoms with Gasteiger partial charge in [-0.1, -0.05) is 39.8 Å². The Kier molecular flexibility index (Phi) is 7.74. The summed E-state index contributed by atoms with van der Waals surface area (Å²) in [4.78, 5) is 8.95. The number of guanidine groups is 1. The topological polar surface area (TPSA) is 86.8 Å². The Morgan fingerprint density at radius 3 is 2.32 bits per heavy atom. The fraction of sp³-hybridized carbons (Fsp3) is 0.579. The standard InChI is InChI=1S/C19H34N6/c1-8-10-19(11-9-2)12-22-18(25-19)23-15(6)14(5)17(21-7)24-16(20)13(3)4/h5-6,8-12,20H2,1-4,7H3,(H,21,24)(H2,22,23,25). The lowest BCUT2D eigenvalue weighted by Gasteiger charge is -2.27. The molecule has 1 saturated heterocycles. The molecule has 0 aromatic rings. The second kappa shape index (κ2) is 9.30. The van der Waals surface area contributed by atoms with Gasteiger partial charge in [-0.25, -0.2) is 9.98 Å². The summed E-state index contributed by atoms with van der Waals surface area (Å²) in [6, 6.07) is 0. The summed E-state index contributed by atoms with van der Waals surface area (Å²) in [5.74, 6) is 1.78. The maximum atomic E-state index is 5.92. The van der Waals surface area contributed by atoms with Gasteiger partial charge in [-0.3, -0.25) is 0 Å². The lowest BCUT2D eigenvalue weighted by atomic mass is 9.90. The Bertz CT molecular complexity index is 587. The predicted molar refractivity (Wildman–Crippen MR) is 108 cm³/mol. The monoisotopic (exact) mass is 346 g/mol. The number of likely N-dealkylation sites (N-methyl/N-ethyl adjacent to an activating group) is 1. The lowest BCUT2D eigenvalue weighted by Crippen LogP contribution is -2.43. The van der Waals surface area contributed by atoms with Crippen molar-refractivity contribution in [3.05, 3.63) is 35.8 Å². The molecule has 0 aromatic carbocycles. The summed E-state index contributed by atoms with van der Waals surface area (Å²) >= 11 is 0. The second-order valence-corrected chi connectivity index (χ2v) is 6.74. The van der Waals surface area contributed by atoms with Crippen molar-refractivity contribution in [2.75, 3.05) is 13.6 Å². The van der Waals surface area contributed by atoms with E-state index < -0.39 is 0 Å². The van der Waals surface area contributed by atoms with Gasteiger partial charge in [0.05, 0.1) is 11.2 Å². The van der Waals surface area contributed by atoms with E-state index in [2.05, 4.69) is 52.9 Å². The largest absolute Gasteiger partial charge is 0.384 e. The summed E-state index contributed by atoms with van der Waals surface area (Å²) in [6.45, 7) is 17.2. The molecule has 0 aromatic heterocycles. The molecule has 0 aliphatic carbocycles. The van der Waals surface area contributed by atoms with Crippen LogP contribution in [0.25, 0.3) is 0 Å². The van der Waals surface area contributed by atoms with Gasteiger partial charge in [0.25, 0.3) is 0 Å². The van der Waals surface area contributed by atoms with Crippen molar-refractivity contribution in [1.82, 2.24) is 16.0 Å². The Morgan fingerprint density at radius 2 is 1.84 bits per heavy atom. The molecule has 0 bridgehead atoms. The molecule has 0 spiro atoms. The fourth-order valence-corrected chi connectivity index (χ4v) is 2.89. The molecule has 6 heteroatoms.